The van der Waals surface area contributed by atoms with E-state index in [0.29, 0.717) is 0 Å². The Hall–Kier alpha value is -2.10. The Morgan fingerprint density at radius 3 is 3.11 bits per heavy atom. The van der Waals surface area contributed by atoms with Gasteiger partial charge in [-0.25, -0.2) is 0 Å². The molecule has 1 aliphatic rings. The highest BCUT2D eigenvalue weighted by atomic mass is 15.3. The van der Waals surface area contributed by atoms with Crippen LogP contribution in [0.1, 0.15) is 18.7 Å². The average Bonchev–Trinajstić information content (AvgIpc) is 3.05. The lowest BCUT2D eigenvalue weighted by Gasteiger charge is -2.14. The van der Waals surface area contributed by atoms with Crippen LogP contribution in [0.15, 0.2) is 30.5 Å². The van der Waals surface area contributed by atoms with E-state index in [1.54, 1.807) is 0 Å². The fraction of sp³-hybridized carbons (Fsp3) is 0.286. The van der Waals surface area contributed by atoms with E-state index in [1.165, 1.54) is 23.8 Å². The minimum absolute atomic E-state index is 1.01. The number of aromatic nitrogens is 4. The van der Waals surface area contributed by atoms with Gasteiger partial charge in [0.1, 0.15) is 5.82 Å². The standard InChI is InChI=1S/C14H14N4/c1-2-9-18-13(6-1)16-17-14(18)11-4-3-5-12-10(11)7-8-15-12/h3-5,7-8,15H,1-2,6,9H2. The van der Waals surface area contributed by atoms with Gasteiger partial charge in [-0.15, -0.1) is 10.2 Å². The molecule has 0 aliphatic carbocycles. The summed E-state index contributed by atoms with van der Waals surface area (Å²) in [5.41, 5.74) is 2.33. The molecule has 4 nitrogen and oxygen atoms in total. The third kappa shape index (κ3) is 1.32. The summed E-state index contributed by atoms with van der Waals surface area (Å²) in [7, 11) is 0. The first-order chi connectivity index (χ1) is 8.93. The topological polar surface area (TPSA) is 46.5 Å². The predicted octanol–water partition coefficient (Wildman–Crippen LogP) is 2.76. The molecule has 0 fully saturated rings. The Morgan fingerprint density at radius 2 is 2.11 bits per heavy atom. The molecule has 3 heterocycles. The van der Waals surface area contributed by atoms with Gasteiger partial charge in [0.15, 0.2) is 5.82 Å². The van der Waals surface area contributed by atoms with Crippen molar-refractivity contribution in [2.45, 2.75) is 25.8 Å². The second kappa shape index (κ2) is 3.70. The average molecular weight is 238 g/mol. The first-order valence-electron chi connectivity index (χ1n) is 6.42. The zero-order valence-corrected chi connectivity index (χ0v) is 10.1. The summed E-state index contributed by atoms with van der Waals surface area (Å²) in [6.07, 6.45) is 5.48. The number of nitrogens with zero attached hydrogens (tertiary/aromatic N) is 3. The molecule has 2 aromatic heterocycles. The number of aromatic amines is 1. The van der Waals surface area contributed by atoms with Crippen molar-refractivity contribution in [3.63, 3.8) is 0 Å². The molecule has 0 atom stereocenters. The first-order valence-corrected chi connectivity index (χ1v) is 6.42. The minimum Gasteiger partial charge on any atom is -0.361 e. The number of fused-ring (bicyclic) bond motifs is 2. The van der Waals surface area contributed by atoms with Gasteiger partial charge in [0.05, 0.1) is 0 Å². The summed E-state index contributed by atoms with van der Waals surface area (Å²) in [6, 6.07) is 8.39. The van der Waals surface area contributed by atoms with Crippen LogP contribution in [0.25, 0.3) is 22.3 Å². The maximum absolute atomic E-state index is 4.40. The van der Waals surface area contributed by atoms with Crippen LogP contribution in [0.3, 0.4) is 0 Å². The molecule has 1 aliphatic heterocycles. The third-order valence-corrected chi connectivity index (χ3v) is 3.70. The summed E-state index contributed by atoms with van der Waals surface area (Å²) >= 11 is 0. The van der Waals surface area contributed by atoms with Gasteiger partial charge in [-0.3, -0.25) is 0 Å². The van der Waals surface area contributed by atoms with E-state index in [4.69, 9.17) is 0 Å². The largest absolute Gasteiger partial charge is 0.361 e. The molecule has 0 saturated heterocycles. The van der Waals surface area contributed by atoms with Crippen molar-refractivity contribution >= 4 is 10.9 Å². The number of aryl methyl sites for hydroxylation is 1. The van der Waals surface area contributed by atoms with Crippen molar-refractivity contribution in [3.05, 3.63) is 36.3 Å². The highest BCUT2D eigenvalue weighted by Gasteiger charge is 2.18. The molecule has 0 spiro atoms. The summed E-state index contributed by atoms with van der Waals surface area (Å²) in [5.74, 6) is 2.14. The van der Waals surface area contributed by atoms with Crippen LogP contribution in [-0.4, -0.2) is 19.7 Å². The van der Waals surface area contributed by atoms with Crippen LogP contribution >= 0.6 is 0 Å². The van der Waals surface area contributed by atoms with E-state index in [-0.39, 0.29) is 0 Å². The summed E-state index contributed by atoms with van der Waals surface area (Å²) < 4.78 is 2.27. The molecular weight excluding hydrogens is 224 g/mol. The molecule has 4 heteroatoms. The van der Waals surface area contributed by atoms with Crippen LogP contribution in [0, 0.1) is 0 Å². The fourth-order valence-corrected chi connectivity index (χ4v) is 2.79. The van der Waals surface area contributed by atoms with E-state index in [9.17, 15) is 0 Å². The van der Waals surface area contributed by atoms with Crippen molar-refractivity contribution in [1.82, 2.24) is 19.7 Å². The van der Waals surface area contributed by atoms with Crippen molar-refractivity contribution in [3.8, 4) is 11.4 Å². The number of hydrogen-bond acceptors (Lipinski definition) is 2. The van der Waals surface area contributed by atoms with Crippen molar-refractivity contribution in [2.75, 3.05) is 0 Å². The van der Waals surface area contributed by atoms with E-state index in [0.717, 1.165) is 30.1 Å². The molecule has 0 saturated carbocycles. The number of nitrogens with one attached hydrogen (secondary N) is 1. The zero-order valence-electron chi connectivity index (χ0n) is 10.1. The summed E-state index contributed by atoms with van der Waals surface area (Å²) in [4.78, 5) is 3.24. The number of benzene rings is 1. The number of hydrogen-bond donors (Lipinski definition) is 1. The minimum atomic E-state index is 1.01. The van der Waals surface area contributed by atoms with Crippen molar-refractivity contribution in [2.24, 2.45) is 0 Å². The molecule has 3 aromatic rings. The lowest BCUT2D eigenvalue weighted by Crippen LogP contribution is -2.11. The lowest BCUT2D eigenvalue weighted by molar-refractivity contribution is 0.526. The van der Waals surface area contributed by atoms with Crippen LogP contribution in [-0.2, 0) is 13.0 Å². The molecular formula is C14H14N4. The van der Waals surface area contributed by atoms with Gasteiger partial charge in [-0.05, 0) is 25.0 Å². The van der Waals surface area contributed by atoms with E-state index >= 15 is 0 Å². The predicted molar refractivity (Wildman–Crippen MR) is 70.3 cm³/mol. The molecule has 0 radical (unpaired) electrons. The van der Waals surface area contributed by atoms with Crippen LogP contribution in [0.2, 0.25) is 0 Å². The molecule has 0 unspecified atom stereocenters. The van der Waals surface area contributed by atoms with E-state index in [2.05, 4.69) is 44.0 Å². The highest BCUT2D eigenvalue weighted by molar-refractivity contribution is 5.93. The van der Waals surface area contributed by atoms with Crippen molar-refractivity contribution < 1.29 is 0 Å². The van der Waals surface area contributed by atoms with Crippen LogP contribution in [0.5, 0.6) is 0 Å². The Bertz CT molecular complexity index is 707. The highest BCUT2D eigenvalue weighted by Crippen LogP contribution is 2.28. The number of rotatable bonds is 1. The molecule has 90 valence electrons. The Balaban J connectivity index is 1.97. The fourth-order valence-electron chi connectivity index (χ4n) is 2.79. The molecule has 0 amide bonds. The molecule has 4 rings (SSSR count). The second-order valence-electron chi connectivity index (χ2n) is 4.79. The van der Waals surface area contributed by atoms with E-state index < -0.39 is 0 Å². The summed E-state index contributed by atoms with van der Waals surface area (Å²) in [6.45, 7) is 1.04. The maximum Gasteiger partial charge on any atom is 0.164 e. The summed E-state index contributed by atoms with van der Waals surface area (Å²) in [5, 5.41) is 9.94. The Kier molecular flexibility index (Phi) is 2.03. The molecule has 1 N–H and O–H groups in total. The van der Waals surface area contributed by atoms with Gasteiger partial charge in [0, 0.05) is 35.6 Å². The van der Waals surface area contributed by atoms with Gasteiger partial charge in [0.2, 0.25) is 0 Å². The van der Waals surface area contributed by atoms with Gasteiger partial charge in [0.25, 0.3) is 0 Å². The molecule has 18 heavy (non-hydrogen) atoms. The molecule has 1 aromatic carbocycles. The normalized spacial score (nSPS) is 14.9. The van der Waals surface area contributed by atoms with E-state index in [1.807, 2.05) is 6.20 Å². The monoisotopic (exact) mass is 238 g/mol. The second-order valence-corrected chi connectivity index (χ2v) is 4.79. The van der Waals surface area contributed by atoms with Crippen molar-refractivity contribution in [1.29, 1.82) is 0 Å². The van der Waals surface area contributed by atoms with Crippen LogP contribution in [0.4, 0.5) is 0 Å². The van der Waals surface area contributed by atoms with Gasteiger partial charge in [-0.2, -0.15) is 0 Å². The first kappa shape index (κ1) is 9.88. The SMILES string of the molecule is c1cc(-c2nnc3n2CCCC3)c2cc[nH]c2c1. The van der Waals surface area contributed by atoms with Gasteiger partial charge in [-0.1, -0.05) is 12.1 Å². The zero-order chi connectivity index (χ0) is 11.9. The quantitative estimate of drug-likeness (QED) is 0.708. The Morgan fingerprint density at radius 1 is 1.11 bits per heavy atom. The molecule has 0 bridgehead atoms. The Labute approximate surface area is 105 Å². The number of H-pyrrole nitrogens is 1. The maximum atomic E-state index is 4.40. The van der Waals surface area contributed by atoms with Gasteiger partial charge < -0.3 is 9.55 Å². The lowest BCUT2D eigenvalue weighted by atomic mass is 10.1. The smallest absolute Gasteiger partial charge is 0.164 e. The van der Waals surface area contributed by atoms with Gasteiger partial charge >= 0.3 is 0 Å². The third-order valence-electron chi connectivity index (χ3n) is 3.70. The van der Waals surface area contributed by atoms with Crippen LogP contribution < -0.4 is 0 Å².